The minimum absolute atomic E-state index is 0.00883. The number of hydrogen-bond acceptors (Lipinski definition) is 7. The van der Waals surface area contributed by atoms with E-state index in [-0.39, 0.29) is 19.4 Å². The second-order valence-electron chi connectivity index (χ2n) is 10.2. The molecular formula is C29H35ClN2O5. The van der Waals surface area contributed by atoms with Gasteiger partial charge in [-0.05, 0) is 60.7 Å². The van der Waals surface area contributed by atoms with Crippen molar-refractivity contribution in [2.24, 2.45) is 5.92 Å². The van der Waals surface area contributed by atoms with E-state index in [2.05, 4.69) is 22.8 Å². The summed E-state index contributed by atoms with van der Waals surface area (Å²) in [5.41, 5.74) is 3.37. The number of anilines is 1. The Morgan fingerprint density at radius 3 is 2.43 bits per heavy atom. The molecule has 2 aliphatic heterocycles. The van der Waals surface area contributed by atoms with Crippen molar-refractivity contribution >= 4 is 29.2 Å². The van der Waals surface area contributed by atoms with E-state index >= 15 is 0 Å². The van der Waals surface area contributed by atoms with Crippen molar-refractivity contribution in [3.63, 3.8) is 0 Å². The fraction of sp³-hybridized carbons (Fsp3) is 0.517. The molecule has 2 heterocycles. The largest absolute Gasteiger partial charge is 0.494 e. The summed E-state index contributed by atoms with van der Waals surface area (Å²) in [6, 6.07) is 11.7. The van der Waals surface area contributed by atoms with E-state index in [1.165, 1.54) is 32.1 Å². The Morgan fingerprint density at radius 1 is 0.973 bits per heavy atom. The molecule has 1 saturated heterocycles. The van der Waals surface area contributed by atoms with Crippen LogP contribution in [0.15, 0.2) is 36.4 Å². The zero-order chi connectivity index (χ0) is 25.7. The molecule has 198 valence electrons. The van der Waals surface area contributed by atoms with Crippen LogP contribution >= 0.6 is 11.6 Å². The highest BCUT2D eigenvalue weighted by atomic mass is 35.5. The van der Waals surface area contributed by atoms with Crippen molar-refractivity contribution < 1.29 is 23.8 Å². The number of esters is 2. The molecule has 0 atom stereocenters. The number of hydrogen-bond donors (Lipinski definition) is 2. The number of carbonyl (C=O) groups is 2. The van der Waals surface area contributed by atoms with Gasteiger partial charge in [0.15, 0.2) is 0 Å². The van der Waals surface area contributed by atoms with Gasteiger partial charge in [-0.1, -0.05) is 55.8 Å². The Balaban J connectivity index is 1.27. The lowest BCUT2D eigenvalue weighted by molar-refractivity contribution is -0.225. The van der Waals surface area contributed by atoms with Crippen LogP contribution in [0.25, 0.3) is 0 Å². The number of ether oxygens (including phenoxy) is 3. The van der Waals surface area contributed by atoms with Crippen LogP contribution in [0.1, 0.15) is 68.1 Å². The highest BCUT2D eigenvalue weighted by Crippen LogP contribution is 2.40. The SMILES string of the molecule is O=C1CCC(=O)OC2(CNCCc3c2ccc(Cl)c3NCc2ccc(OCCC3CCCCC3)cc2)O1. The predicted molar refractivity (Wildman–Crippen MR) is 142 cm³/mol. The first kappa shape index (κ1) is 25.9. The highest BCUT2D eigenvalue weighted by Gasteiger charge is 2.46. The minimum Gasteiger partial charge on any atom is -0.494 e. The van der Waals surface area contributed by atoms with E-state index in [9.17, 15) is 9.59 Å². The van der Waals surface area contributed by atoms with E-state index < -0.39 is 17.7 Å². The average Bonchev–Trinajstić information content (AvgIpc) is 3.17. The summed E-state index contributed by atoms with van der Waals surface area (Å²) in [5.74, 6) is -0.704. The van der Waals surface area contributed by atoms with Crippen molar-refractivity contribution in [3.05, 3.63) is 58.1 Å². The highest BCUT2D eigenvalue weighted by molar-refractivity contribution is 6.33. The normalized spacial score (nSPS) is 19.8. The van der Waals surface area contributed by atoms with Gasteiger partial charge >= 0.3 is 11.9 Å². The van der Waals surface area contributed by atoms with Gasteiger partial charge in [0.25, 0.3) is 5.79 Å². The molecule has 2 aromatic rings. The third-order valence-electron chi connectivity index (χ3n) is 7.58. The van der Waals surface area contributed by atoms with Gasteiger partial charge < -0.3 is 24.8 Å². The van der Waals surface area contributed by atoms with E-state index in [4.69, 9.17) is 25.8 Å². The molecular weight excluding hydrogens is 492 g/mol. The molecule has 2 N–H and O–H groups in total. The van der Waals surface area contributed by atoms with Crippen LogP contribution < -0.4 is 15.4 Å². The number of carbonyl (C=O) groups excluding carboxylic acids is 2. The Morgan fingerprint density at radius 2 is 1.70 bits per heavy atom. The van der Waals surface area contributed by atoms with Gasteiger partial charge in [-0.15, -0.1) is 0 Å². The maximum absolute atomic E-state index is 12.3. The van der Waals surface area contributed by atoms with Gasteiger partial charge in [0, 0.05) is 12.1 Å². The molecule has 1 saturated carbocycles. The molecule has 2 fully saturated rings. The molecule has 0 radical (unpaired) electrons. The van der Waals surface area contributed by atoms with Crippen LogP contribution in [0.4, 0.5) is 5.69 Å². The molecule has 37 heavy (non-hydrogen) atoms. The van der Waals surface area contributed by atoms with Gasteiger partial charge in [0.05, 0.1) is 36.7 Å². The summed E-state index contributed by atoms with van der Waals surface area (Å²) in [4.78, 5) is 24.7. The number of fused-ring (bicyclic) bond motifs is 2. The third-order valence-corrected chi connectivity index (χ3v) is 7.90. The first-order valence-corrected chi connectivity index (χ1v) is 13.8. The fourth-order valence-corrected chi connectivity index (χ4v) is 5.82. The molecule has 0 aromatic heterocycles. The lowest BCUT2D eigenvalue weighted by Gasteiger charge is -2.32. The van der Waals surface area contributed by atoms with Gasteiger partial charge in [-0.3, -0.25) is 9.59 Å². The second kappa shape index (κ2) is 11.7. The van der Waals surface area contributed by atoms with Crippen molar-refractivity contribution in [3.8, 4) is 5.75 Å². The summed E-state index contributed by atoms with van der Waals surface area (Å²) < 4.78 is 17.5. The van der Waals surface area contributed by atoms with Crippen LogP contribution in [0.3, 0.4) is 0 Å². The van der Waals surface area contributed by atoms with Crippen LogP contribution in [0.5, 0.6) is 5.75 Å². The molecule has 8 heteroatoms. The molecule has 1 aliphatic carbocycles. The number of benzene rings is 2. The quantitative estimate of drug-likeness (QED) is 0.462. The first-order chi connectivity index (χ1) is 18.0. The molecule has 7 nitrogen and oxygen atoms in total. The third kappa shape index (κ3) is 6.21. The second-order valence-corrected chi connectivity index (χ2v) is 10.6. The summed E-state index contributed by atoms with van der Waals surface area (Å²) in [6.45, 7) is 2.14. The smallest absolute Gasteiger partial charge is 0.309 e. The average molecular weight is 527 g/mol. The Kier molecular flexibility index (Phi) is 8.20. The van der Waals surface area contributed by atoms with Crippen LogP contribution in [0.2, 0.25) is 5.02 Å². The summed E-state index contributed by atoms with van der Waals surface area (Å²) in [7, 11) is 0. The standard InChI is InChI=1S/C29H35ClN2O5/c30-25-11-10-24-23(14-16-31-19-29(24)36-26(33)12-13-27(34)37-29)28(25)32-18-21-6-8-22(9-7-21)35-17-15-20-4-2-1-3-5-20/h6-11,20,31-32H,1-5,12-19H2. The molecule has 0 amide bonds. The molecule has 5 rings (SSSR count). The molecule has 2 aromatic carbocycles. The van der Waals surface area contributed by atoms with Gasteiger partial charge in [-0.2, -0.15) is 0 Å². The Bertz CT molecular complexity index is 1100. The maximum atomic E-state index is 12.3. The van der Waals surface area contributed by atoms with Gasteiger partial charge in [0.2, 0.25) is 0 Å². The van der Waals surface area contributed by atoms with E-state index in [1.807, 2.05) is 12.1 Å². The summed E-state index contributed by atoms with van der Waals surface area (Å²) in [6.07, 6.45) is 8.55. The summed E-state index contributed by atoms with van der Waals surface area (Å²) in [5, 5.41) is 7.28. The van der Waals surface area contributed by atoms with E-state index in [1.54, 1.807) is 12.1 Å². The zero-order valence-electron chi connectivity index (χ0n) is 21.2. The van der Waals surface area contributed by atoms with E-state index in [0.29, 0.717) is 30.1 Å². The topological polar surface area (TPSA) is 85.9 Å². The predicted octanol–water partition coefficient (Wildman–Crippen LogP) is 5.48. The molecule has 0 bridgehead atoms. The van der Waals surface area contributed by atoms with Crippen molar-refractivity contribution in [1.82, 2.24) is 5.32 Å². The van der Waals surface area contributed by atoms with Crippen molar-refractivity contribution in [2.45, 2.75) is 70.1 Å². The molecule has 3 aliphatic rings. The maximum Gasteiger partial charge on any atom is 0.309 e. The van der Waals surface area contributed by atoms with Crippen molar-refractivity contribution in [1.29, 1.82) is 0 Å². The Hall–Kier alpha value is -2.77. The monoisotopic (exact) mass is 526 g/mol. The summed E-state index contributed by atoms with van der Waals surface area (Å²) >= 11 is 6.63. The van der Waals surface area contributed by atoms with Crippen LogP contribution in [-0.4, -0.2) is 31.6 Å². The Labute approximate surface area is 223 Å². The van der Waals surface area contributed by atoms with E-state index in [0.717, 1.165) is 41.5 Å². The molecule has 0 unspecified atom stereocenters. The first-order valence-electron chi connectivity index (χ1n) is 13.4. The number of halogens is 1. The minimum atomic E-state index is -1.49. The van der Waals surface area contributed by atoms with Crippen molar-refractivity contribution in [2.75, 3.05) is 25.0 Å². The number of nitrogens with one attached hydrogen (secondary N) is 2. The lowest BCUT2D eigenvalue weighted by Crippen LogP contribution is -2.43. The van der Waals surface area contributed by atoms with Gasteiger partial charge in [-0.25, -0.2) is 0 Å². The zero-order valence-corrected chi connectivity index (χ0v) is 21.9. The fourth-order valence-electron chi connectivity index (χ4n) is 5.58. The lowest BCUT2D eigenvalue weighted by atomic mass is 9.87. The van der Waals surface area contributed by atoms with Gasteiger partial charge in [0.1, 0.15) is 5.75 Å². The van der Waals surface area contributed by atoms with Crippen LogP contribution in [-0.2, 0) is 37.8 Å². The van der Waals surface area contributed by atoms with Crippen LogP contribution in [0, 0.1) is 5.92 Å². The number of rotatable bonds is 7. The molecule has 1 spiro atoms.